The molecule has 1 aromatic heterocycles. The van der Waals surface area contributed by atoms with Gasteiger partial charge in [-0.3, -0.25) is 4.79 Å². The number of benzene rings is 1. The maximum absolute atomic E-state index is 12.2. The number of hydrogen-bond acceptors (Lipinski definition) is 6. The molecule has 1 fully saturated rings. The van der Waals surface area contributed by atoms with Gasteiger partial charge in [-0.25, -0.2) is 9.78 Å². The van der Waals surface area contributed by atoms with Gasteiger partial charge in [-0.1, -0.05) is 41.0 Å². The van der Waals surface area contributed by atoms with Gasteiger partial charge in [0, 0.05) is 36.7 Å². The molecule has 0 radical (unpaired) electrons. The first-order valence-electron chi connectivity index (χ1n) is 8.24. The highest BCUT2D eigenvalue weighted by Gasteiger charge is 2.30. The van der Waals surface area contributed by atoms with Crippen LogP contribution < -0.4 is 5.32 Å². The molecule has 0 aliphatic carbocycles. The third-order valence-electron chi connectivity index (χ3n) is 4.19. The van der Waals surface area contributed by atoms with Crippen LogP contribution in [0.2, 0.25) is 10.0 Å². The second-order valence-corrected chi connectivity index (χ2v) is 8.90. The monoisotopic (exact) mass is 445 g/mol. The summed E-state index contributed by atoms with van der Waals surface area (Å²) in [6, 6.07) is 5.49. The molecule has 1 amide bonds. The smallest absolute Gasteiger partial charge is 0.355 e. The van der Waals surface area contributed by atoms with Gasteiger partial charge in [-0.15, -0.1) is 11.3 Å². The number of carboxylic acids is 1. The summed E-state index contributed by atoms with van der Waals surface area (Å²) in [6.45, 7) is 1.18. The number of thioether (sulfide) groups is 1. The maximum atomic E-state index is 12.2. The molecule has 1 aliphatic heterocycles. The van der Waals surface area contributed by atoms with Gasteiger partial charge in [-0.2, -0.15) is 0 Å². The maximum Gasteiger partial charge on any atom is 0.355 e. The van der Waals surface area contributed by atoms with Crippen molar-refractivity contribution in [2.75, 3.05) is 24.2 Å². The Morgan fingerprint density at radius 1 is 1.44 bits per heavy atom. The zero-order valence-corrected chi connectivity index (χ0v) is 17.3. The third-order valence-corrected chi connectivity index (χ3v) is 7.01. The van der Waals surface area contributed by atoms with Gasteiger partial charge in [0.2, 0.25) is 5.91 Å². The van der Waals surface area contributed by atoms with Crippen LogP contribution in [-0.4, -0.2) is 51.8 Å². The number of nitrogens with one attached hydrogen (secondary N) is 1. The van der Waals surface area contributed by atoms with E-state index >= 15 is 0 Å². The van der Waals surface area contributed by atoms with E-state index in [1.54, 1.807) is 6.07 Å². The van der Waals surface area contributed by atoms with Crippen LogP contribution in [0.4, 0.5) is 5.69 Å². The topological polar surface area (TPSA) is 82.5 Å². The van der Waals surface area contributed by atoms with Gasteiger partial charge in [0.1, 0.15) is 0 Å². The van der Waals surface area contributed by atoms with Gasteiger partial charge in [-0.05, 0) is 18.6 Å². The van der Waals surface area contributed by atoms with E-state index in [2.05, 4.69) is 10.3 Å². The molecule has 6 nitrogen and oxygen atoms in total. The first-order chi connectivity index (χ1) is 13.0. The van der Waals surface area contributed by atoms with Crippen molar-refractivity contribution in [2.45, 2.75) is 23.2 Å². The number of halogens is 2. The lowest BCUT2D eigenvalue weighted by Crippen LogP contribution is -2.39. The molecule has 1 unspecified atom stereocenters. The quantitative estimate of drug-likeness (QED) is 0.587. The summed E-state index contributed by atoms with van der Waals surface area (Å²) in [6.07, 6.45) is 1.32. The molecular weight excluding hydrogens is 429 g/mol. The second kappa shape index (κ2) is 9.14. The van der Waals surface area contributed by atoms with E-state index in [9.17, 15) is 9.59 Å². The summed E-state index contributed by atoms with van der Waals surface area (Å²) < 4.78 is 0.694. The van der Waals surface area contributed by atoms with Crippen molar-refractivity contribution in [2.24, 2.45) is 0 Å². The molecular formula is C17H17Cl2N3O3S2. The lowest BCUT2D eigenvalue weighted by atomic mass is 10.2. The van der Waals surface area contributed by atoms with Crippen molar-refractivity contribution >= 4 is 63.9 Å². The minimum absolute atomic E-state index is 0.0558. The number of carboxylic acid groups (broad SMARTS) is 1. The highest BCUT2D eigenvalue weighted by molar-refractivity contribution is 8.01. The Morgan fingerprint density at radius 3 is 3.00 bits per heavy atom. The van der Waals surface area contributed by atoms with Crippen molar-refractivity contribution in [3.63, 3.8) is 0 Å². The predicted molar refractivity (Wildman–Crippen MR) is 109 cm³/mol. The molecule has 0 bridgehead atoms. The molecule has 3 rings (SSSR count). The Balaban J connectivity index is 1.52. The van der Waals surface area contributed by atoms with E-state index in [0.29, 0.717) is 39.6 Å². The molecule has 0 saturated carbocycles. The van der Waals surface area contributed by atoms with Gasteiger partial charge in [0.15, 0.2) is 10.0 Å². The van der Waals surface area contributed by atoms with E-state index in [0.717, 1.165) is 12.1 Å². The standard InChI is InChI=1S/C17H17Cl2N3O3S2/c18-11-2-1-3-12(15(11)19)20-8-10-4-5-14(23)22(10)6-7-26-17-21-13(9-27-17)16(24)25/h1-3,9-10,20H,4-8H2,(H,24,25). The summed E-state index contributed by atoms with van der Waals surface area (Å²) in [4.78, 5) is 29.0. The first-order valence-corrected chi connectivity index (χ1v) is 10.9. The third kappa shape index (κ3) is 5.07. The van der Waals surface area contributed by atoms with Crippen LogP contribution in [0.15, 0.2) is 27.9 Å². The summed E-state index contributed by atoms with van der Waals surface area (Å²) in [7, 11) is 0. The van der Waals surface area contributed by atoms with Crippen molar-refractivity contribution < 1.29 is 14.7 Å². The van der Waals surface area contributed by atoms with E-state index in [-0.39, 0.29) is 17.6 Å². The van der Waals surface area contributed by atoms with E-state index in [1.807, 2.05) is 17.0 Å². The zero-order valence-electron chi connectivity index (χ0n) is 14.2. The Morgan fingerprint density at radius 2 is 2.26 bits per heavy atom. The van der Waals surface area contributed by atoms with Crippen LogP contribution in [0, 0.1) is 0 Å². The molecule has 1 aliphatic rings. The summed E-state index contributed by atoms with van der Waals surface area (Å²) in [5.41, 5.74) is 0.807. The number of rotatable bonds is 8. The SMILES string of the molecule is O=C(O)c1csc(SCCN2C(=O)CCC2CNc2cccc(Cl)c2Cl)n1. The molecule has 1 atom stereocenters. The van der Waals surface area contributed by atoms with Gasteiger partial charge < -0.3 is 15.3 Å². The Labute approximate surface area is 174 Å². The lowest BCUT2D eigenvalue weighted by molar-refractivity contribution is -0.128. The fourth-order valence-corrected chi connectivity index (χ4v) is 5.01. The molecule has 2 N–H and O–H groups in total. The van der Waals surface area contributed by atoms with Crippen molar-refractivity contribution in [3.05, 3.63) is 39.3 Å². The molecule has 2 heterocycles. The lowest BCUT2D eigenvalue weighted by Gasteiger charge is -2.25. The van der Waals surface area contributed by atoms with Crippen molar-refractivity contribution in [1.82, 2.24) is 9.88 Å². The van der Waals surface area contributed by atoms with Crippen LogP contribution in [0.3, 0.4) is 0 Å². The van der Waals surface area contributed by atoms with Crippen LogP contribution in [0.1, 0.15) is 23.3 Å². The number of amides is 1. The summed E-state index contributed by atoms with van der Waals surface area (Å²) in [5, 5.41) is 14.7. The summed E-state index contributed by atoms with van der Waals surface area (Å²) >= 11 is 15.0. The Kier molecular flexibility index (Phi) is 6.86. The number of carbonyl (C=O) groups excluding carboxylic acids is 1. The minimum Gasteiger partial charge on any atom is -0.476 e. The number of aromatic nitrogens is 1. The molecule has 10 heteroatoms. The highest BCUT2D eigenvalue weighted by Crippen LogP contribution is 2.30. The summed E-state index contributed by atoms with van der Waals surface area (Å²) in [5.74, 6) is -0.240. The van der Waals surface area contributed by atoms with Gasteiger partial charge in [0.05, 0.1) is 15.7 Å². The zero-order chi connectivity index (χ0) is 19.4. The first kappa shape index (κ1) is 20.3. The average Bonchev–Trinajstić information content (AvgIpc) is 3.24. The van der Waals surface area contributed by atoms with E-state index < -0.39 is 5.97 Å². The van der Waals surface area contributed by atoms with Gasteiger partial charge >= 0.3 is 5.97 Å². The van der Waals surface area contributed by atoms with Gasteiger partial charge in [0.25, 0.3) is 0 Å². The van der Waals surface area contributed by atoms with Crippen LogP contribution in [-0.2, 0) is 4.79 Å². The minimum atomic E-state index is -1.03. The van der Waals surface area contributed by atoms with E-state index in [4.69, 9.17) is 28.3 Å². The molecule has 2 aromatic rings. The van der Waals surface area contributed by atoms with Crippen LogP contribution in [0.25, 0.3) is 0 Å². The normalized spacial score (nSPS) is 16.7. The molecule has 1 aromatic carbocycles. The fraction of sp³-hybridized carbons (Fsp3) is 0.353. The number of hydrogen-bond donors (Lipinski definition) is 2. The largest absolute Gasteiger partial charge is 0.476 e. The number of aromatic carboxylic acids is 1. The second-order valence-electron chi connectivity index (χ2n) is 5.91. The Bertz CT molecular complexity index is 847. The molecule has 27 heavy (non-hydrogen) atoms. The fourth-order valence-electron chi connectivity index (χ4n) is 2.83. The van der Waals surface area contributed by atoms with Crippen molar-refractivity contribution in [3.8, 4) is 0 Å². The number of nitrogens with zero attached hydrogens (tertiary/aromatic N) is 2. The van der Waals surface area contributed by atoms with Crippen LogP contribution in [0.5, 0.6) is 0 Å². The molecule has 0 spiro atoms. The number of carbonyl (C=O) groups is 2. The van der Waals surface area contributed by atoms with E-state index in [1.165, 1.54) is 28.5 Å². The molecule has 1 saturated heterocycles. The van der Waals surface area contributed by atoms with Crippen LogP contribution >= 0.6 is 46.3 Å². The number of anilines is 1. The highest BCUT2D eigenvalue weighted by atomic mass is 35.5. The number of likely N-dealkylation sites (tertiary alicyclic amines) is 1. The molecule has 144 valence electrons. The number of thiazole rings is 1. The van der Waals surface area contributed by atoms with Crippen molar-refractivity contribution in [1.29, 1.82) is 0 Å². The average molecular weight is 446 g/mol. The predicted octanol–water partition coefficient (Wildman–Crippen LogP) is 4.34. The Hall–Kier alpha value is -1.48.